The van der Waals surface area contributed by atoms with E-state index < -0.39 is 6.04 Å². The lowest BCUT2D eigenvalue weighted by molar-refractivity contribution is -0.133. The molecule has 34 heavy (non-hydrogen) atoms. The molecule has 4 rings (SSSR count). The predicted molar refractivity (Wildman–Crippen MR) is 132 cm³/mol. The van der Waals surface area contributed by atoms with Gasteiger partial charge in [-0.25, -0.2) is 9.97 Å². The van der Waals surface area contributed by atoms with E-state index in [-0.39, 0.29) is 11.8 Å². The van der Waals surface area contributed by atoms with Crippen molar-refractivity contribution in [2.24, 2.45) is 7.05 Å². The second kappa shape index (κ2) is 10.7. The molecule has 1 fully saturated rings. The number of carbonyl (C=O) groups excluding carboxylic acids is 2. The molecule has 1 N–H and O–H groups in total. The third kappa shape index (κ3) is 4.93. The number of hydrogen-bond donors (Lipinski definition) is 1. The molecule has 0 aliphatic carbocycles. The number of rotatable bonds is 8. The smallest absolute Gasteiger partial charge is 0.255 e. The molecule has 1 aliphatic rings. The van der Waals surface area contributed by atoms with Crippen LogP contribution in [0.1, 0.15) is 16.8 Å². The number of carbonyl (C=O) groups is 2. The number of benzene rings is 1. The van der Waals surface area contributed by atoms with Gasteiger partial charge in [0.25, 0.3) is 5.91 Å². The quantitative estimate of drug-likeness (QED) is 0.515. The van der Waals surface area contributed by atoms with E-state index in [1.54, 1.807) is 47.2 Å². The molecule has 2 aromatic heterocycles. The molecule has 180 valence electrons. The highest BCUT2D eigenvalue weighted by Gasteiger charge is 2.30. The molecule has 1 aliphatic heterocycles. The first-order valence-corrected chi connectivity index (χ1v) is 12.5. The van der Waals surface area contributed by atoms with Gasteiger partial charge in [-0.2, -0.15) is 16.9 Å². The molecule has 0 unspecified atom stereocenters. The SMILES string of the molecule is COc1ccccc1C(=O)N[C@H](CCSC)C(=O)N1CCN(c2ncnc3c2cnn3C)CC1. The van der Waals surface area contributed by atoms with E-state index >= 15 is 0 Å². The predicted octanol–water partition coefficient (Wildman–Crippen LogP) is 1.57. The molecular formula is C23H29N7O3S. The van der Waals surface area contributed by atoms with E-state index in [0.717, 1.165) is 22.6 Å². The highest BCUT2D eigenvalue weighted by Crippen LogP contribution is 2.23. The van der Waals surface area contributed by atoms with Gasteiger partial charge in [0.2, 0.25) is 5.91 Å². The molecule has 0 spiro atoms. The van der Waals surface area contributed by atoms with E-state index in [1.807, 2.05) is 24.3 Å². The first kappa shape index (κ1) is 23.8. The maximum absolute atomic E-state index is 13.4. The average molecular weight is 484 g/mol. The number of nitrogens with zero attached hydrogens (tertiary/aromatic N) is 6. The third-order valence-electron chi connectivity index (χ3n) is 5.96. The summed E-state index contributed by atoms with van der Waals surface area (Å²) in [5.41, 5.74) is 1.20. The first-order chi connectivity index (χ1) is 16.5. The standard InChI is InChI=1S/C23H29N7O3S/c1-28-20-17(14-26-28)21(25-15-24-20)29-9-11-30(12-10-29)23(32)18(8-13-34-3)27-22(31)16-6-4-5-7-19(16)33-2/h4-7,14-15,18H,8-13H2,1-3H3,(H,27,31)/t18-/m1/s1. The van der Waals surface area contributed by atoms with Gasteiger partial charge in [-0.3, -0.25) is 14.3 Å². The minimum Gasteiger partial charge on any atom is -0.496 e. The van der Waals surface area contributed by atoms with Gasteiger partial charge in [0.05, 0.1) is 24.3 Å². The number of para-hydroxylation sites is 1. The van der Waals surface area contributed by atoms with Gasteiger partial charge in [0.15, 0.2) is 5.65 Å². The maximum Gasteiger partial charge on any atom is 0.255 e. The molecule has 0 radical (unpaired) electrons. The molecule has 0 bridgehead atoms. The fourth-order valence-corrected chi connectivity index (χ4v) is 4.59. The van der Waals surface area contributed by atoms with Crippen molar-refractivity contribution in [3.8, 4) is 5.75 Å². The summed E-state index contributed by atoms with van der Waals surface area (Å²) < 4.78 is 7.03. The molecule has 0 saturated carbocycles. The van der Waals surface area contributed by atoms with Crippen LogP contribution in [0, 0.1) is 0 Å². The molecule has 2 amide bonds. The number of nitrogens with one attached hydrogen (secondary N) is 1. The fourth-order valence-electron chi connectivity index (χ4n) is 4.12. The lowest BCUT2D eigenvalue weighted by atomic mass is 10.1. The number of piperazine rings is 1. The number of aromatic nitrogens is 4. The highest BCUT2D eigenvalue weighted by atomic mass is 32.2. The van der Waals surface area contributed by atoms with Crippen molar-refractivity contribution in [2.75, 3.05) is 50.2 Å². The highest BCUT2D eigenvalue weighted by molar-refractivity contribution is 7.98. The number of amides is 2. The van der Waals surface area contributed by atoms with Crippen molar-refractivity contribution >= 4 is 40.4 Å². The van der Waals surface area contributed by atoms with Crippen molar-refractivity contribution in [3.05, 3.63) is 42.4 Å². The Balaban J connectivity index is 1.44. The zero-order valence-electron chi connectivity index (χ0n) is 19.6. The topological polar surface area (TPSA) is 105 Å². The van der Waals surface area contributed by atoms with Gasteiger partial charge >= 0.3 is 0 Å². The van der Waals surface area contributed by atoms with Crippen LogP contribution in [0.4, 0.5) is 5.82 Å². The van der Waals surface area contributed by atoms with Crippen LogP contribution in [-0.4, -0.2) is 87.8 Å². The zero-order chi connectivity index (χ0) is 24.1. The summed E-state index contributed by atoms with van der Waals surface area (Å²) in [5, 5.41) is 8.12. The number of aryl methyl sites for hydroxylation is 1. The van der Waals surface area contributed by atoms with Crippen molar-refractivity contribution in [1.29, 1.82) is 0 Å². The Morgan fingerprint density at radius 1 is 1.18 bits per heavy atom. The van der Waals surface area contributed by atoms with Gasteiger partial charge in [0.1, 0.15) is 23.9 Å². The van der Waals surface area contributed by atoms with E-state index in [0.29, 0.717) is 43.9 Å². The van der Waals surface area contributed by atoms with Crippen LogP contribution >= 0.6 is 11.8 Å². The Kier molecular flexibility index (Phi) is 7.51. The Morgan fingerprint density at radius 3 is 2.68 bits per heavy atom. The summed E-state index contributed by atoms with van der Waals surface area (Å²) in [6.45, 7) is 2.38. The molecule has 10 nitrogen and oxygen atoms in total. The number of hydrogen-bond acceptors (Lipinski definition) is 8. The minimum absolute atomic E-state index is 0.0637. The normalized spacial score (nSPS) is 14.8. The number of ether oxygens (including phenoxy) is 1. The molecular weight excluding hydrogens is 454 g/mol. The summed E-state index contributed by atoms with van der Waals surface area (Å²) in [7, 11) is 3.38. The largest absolute Gasteiger partial charge is 0.496 e. The Hall–Kier alpha value is -3.34. The van der Waals surface area contributed by atoms with Gasteiger partial charge in [0, 0.05) is 33.2 Å². The molecule has 3 aromatic rings. The van der Waals surface area contributed by atoms with E-state index in [4.69, 9.17) is 4.74 Å². The minimum atomic E-state index is -0.597. The van der Waals surface area contributed by atoms with Crippen molar-refractivity contribution in [2.45, 2.75) is 12.5 Å². The van der Waals surface area contributed by atoms with Crippen LogP contribution in [-0.2, 0) is 11.8 Å². The van der Waals surface area contributed by atoms with Crippen LogP contribution < -0.4 is 15.0 Å². The summed E-state index contributed by atoms with van der Waals surface area (Å²) in [6, 6.07) is 6.42. The fraction of sp³-hybridized carbons (Fsp3) is 0.435. The Bertz CT molecular complexity index is 1160. The van der Waals surface area contributed by atoms with Crippen molar-refractivity contribution < 1.29 is 14.3 Å². The number of anilines is 1. The van der Waals surface area contributed by atoms with E-state index in [2.05, 4.69) is 25.3 Å². The Morgan fingerprint density at radius 2 is 1.94 bits per heavy atom. The summed E-state index contributed by atoms with van der Waals surface area (Å²) >= 11 is 1.65. The van der Waals surface area contributed by atoms with Gasteiger partial charge < -0.3 is 19.9 Å². The molecule has 3 heterocycles. The summed E-state index contributed by atoms with van der Waals surface area (Å²) in [5.74, 6) is 1.70. The van der Waals surface area contributed by atoms with Crippen LogP contribution in [0.3, 0.4) is 0 Å². The lowest BCUT2D eigenvalue weighted by Gasteiger charge is -2.37. The van der Waals surface area contributed by atoms with Crippen molar-refractivity contribution in [3.63, 3.8) is 0 Å². The number of methoxy groups -OCH3 is 1. The number of thioether (sulfide) groups is 1. The maximum atomic E-state index is 13.4. The molecule has 1 atom stereocenters. The Labute approximate surface area is 202 Å². The van der Waals surface area contributed by atoms with Crippen LogP contribution in [0.2, 0.25) is 0 Å². The number of fused-ring (bicyclic) bond motifs is 1. The first-order valence-electron chi connectivity index (χ1n) is 11.1. The van der Waals surface area contributed by atoms with Crippen LogP contribution in [0.15, 0.2) is 36.8 Å². The molecule has 1 aromatic carbocycles. The molecule has 1 saturated heterocycles. The van der Waals surface area contributed by atoms with Gasteiger partial charge in [-0.05, 0) is 30.6 Å². The molecule has 11 heteroatoms. The van der Waals surface area contributed by atoms with Crippen LogP contribution in [0.5, 0.6) is 5.75 Å². The van der Waals surface area contributed by atoms with Crippen LogP contribution in [0.25, 0.3) is 11.0 Å². The summed E-state index contributed by atoms with van der Waals surface area (Å²) in [6.07, 6.45) is 5.86. The van der Waals surface area contributed by atoms with Crippen molar-refractivity contribution in [1.82, 2.24) is 30.0 Å². The van der Waals surface area contributed by atoms with Gasteiger partial charge in [-0.1, -0.05) is 12.1 Å². The van der Waals surface area contributed by atoms with E-state index in [1.165, 1.54) is 7.11 Å². The third-order valence-corrected chi connectivity index (χ3v) is 6.61. The average Bonchev–Trinajstić information content (AvgIpc) is 3.27. The monoisotopic (exact) mass is 483 g/mol. The van der Waals surface area contributed by atoms with E-state index in [9.17, 15) is 9.59 Å². The van der Waals surface area contributed by atoms with Gasteiger partial charge in [-0.15, -0.1) is 0 Å². The zero-order valence-corrected chi connectivity index (χ0v) is 20.4. The lowest BCUT2D eigenvalue weighted by Crippen LogP contribution is -2.55. The second-order valence-corrected chi connectivity index (χ2v) is 9.01. The second-order valence-electron chi connectivity index (χ2n) is 8.02. The summed E-state index contributed by atoms with van der Waals surface area (Å²) in [4.78, 5) is 39.1.